The summed E-state index contributed by atoms with van der Waals surface area (Å²) in [6.45, 7) is 0. The molecule has 13 heavy (non-hydrogen) atoms. The van der Waals surface area contributed by atoms with Gasteiger partial charge in [-0.25, -0.2) is 0 Å². The third-order valence-electron chi connectivity index (χ3n) is 1.84. The molecule has 0 aliphatic carbocycles. The van der Waals surface area contributed by atoms with Gasteiger partial charge in [-0.05, 0) is 22.0 Å². The number of hydrogen-bond donors (Lipinski definition) is 1. The van der Waals surface area contributed by atoms with Gasteiger partial charge in [0.05, 0.1) is 12.8 Å². The van der Waals surface area contributed by atoms with E-state index in [4.69, 9.17) is 4.84 Å². The fourth-order valence-corrected chi connectivity index (χ4v) is 1.86. The fraction of sp³-hybridized carbons (Fsp3) is 0.286. The summed E-state index contributed by atoms with van der Waals surface area (Å²) in [7, 11) is 3.47. The molecule has 5 nitrogen and oxygen atoms in total. The van der Waals surface area contributed by atoms with Gasteiger partial charge in [0, 0.05) is 13.2 Å². The zero-order valence-electron chi connectivity index (χ0n) is 7.28. The molecule has 1 aliphatic heterocycles. The number of aromatic nitrogens is 2. The average Bonchev–Trinajstić information content (AvgIpc) is 2.43. The first-order valence-corrected chi connectivity index (χ1v) is 4.53. The topological polar surface area (TPSA) is 42.3 Å². The van der Waals surface area contributed by atoms with Crippen molar-refractivity contribution in [3.63, 3.8) is 0 Å². The average molecular weight is 245 g/mol. The number of fused-ring (bicyclic) bond motifs is 1. The summed E-state index contributed by atoms with van der Waals surface area (Å²) in [6, 6.07) is 0. The number of rotatable bonds is 1. The molecule has 0 bridgehead atoms. The summed E-state index contributed by atoms with van der Waals surface area (Å²) in [5.41, 5.74) is 4.80. The number of nitrogens with one attached hydrogen (secondary N) is 1. The predicted octanol–water partition coefficient (Wildman–Crippen LogP) is 1.04. The van der Waals surface area contributed by atoms with Gasteiger partial charge in [0.1, 0.15) is 5.69 Å². The molecule has 2 rings (SSSR count). The first-order chi connectivity index (χ1) is 6.24. The Labute approximate surface area is 84.0 Å². The summed E-state index contributed by atoms with van der Waals surface area (Å²) in [4.78, 5) is 5.10. The molecule has 0 fully saturated rings. The van der Waals surface area contributed by atoms with Crippen molar-refractivity contribution in [2.45, 2.75) is 0 Å². The molecule has 0 amide bonds. The summed E-state index contributed by atoms with van der Waals surface area (Å²) in [5, 5.41) is 5.76. The Morgan fingerprint density at radius 2 is 2.38 bits per heavy atom. The SMILES string of the molecule is CON1NC=Cc2c1c(Br)nn2C. The van der Waals surface area contributed by atoms with Crippen LogP contribution in [0.5, 0.6) is 0 Å². The molecule has 1 aromatic rings. The van der Waals surface area contributed by atoms with Gasteiger partial charge < -0.3 is 0 Å². The summed E-state index contributed by atoms with van der Waals surface area (Å²) < 4.78 is 2.53. The predicted molar refractivity (Wildman–Crippen MR) is 52.6 cm³/mol. The summed E-state index contributed by atoms with van der Waals surface area (Å²) in [6.07, 6.45) is 3.72. The van der Waals surface area contributed by atoms with E-state index in [9.17, 15) is 0 Å². The van der Waals surface area contributed by atoms with Crippen LogP contribution in [0.25, 0.3) is 6.08 Å². The molecule has 0 saturated heterocycles. The molecule has 0 radical (unpaired) electrons. The highest BCUT2D eigenvalue weighted by atomic mass is 79.9. The van der Waals surface area contributed by atoms with Crippen molar-refractivity contribution in [3.8, 4) is 0 Å². The molecular weight excluding hydrogens is 236 g/mol. The van der Waals surface area contributed by atoms with Crippen LogP contribution in [0, 0.1) is 0 Å². The van der Waals surface area contributed by atoms with Crippen LogP contribution < -0.4 is 10.6 Å². The third-order valence-corrected chi connectivity index (χ3v) is 2.38. The lowest BCUT2D eigenvalue weighted by molar-refractivity contribution is 0.146. The molecule has 1 aliphatic rings. The van der Waals surface area contributed by atoms with Crippen LogP contribution >= 0.6 is 15.9 Å². The molecule has 0 saturated carbocycles. The molecule has 1 N–H and O–H groups in total. The van der Waals surface area contributed by atoms with Gasteiger partial charge in [0.15, 0.2) is 4.60 Å². The highest BCUT2D eigenvalue weighted by Crippen LogP contribution is 2.31. The maximum Gasteiger partial charge on any atom is 0.156 e. The molecule has 1 aromatic heterocycles. The fourth-order valence-electron chi connectivity index (χ4n) is 1.26. The van der Waals surface area contributed by atoms with E-state index in [1.165, 1.54) is 0 Å². The van der Waals surface area contributed by atoms with Gasteiger partial charge in [0.25, 0.3) is 0 Å². The minimum Gasteiger partial charge on any atom is -0.281 e. The molecule has 0 atom stereocenters. The Bertz CT molecular complexity index is 360. The van der Waals surface area contributed by atoms with Gasteiger partial charge in [-0.1, -0.05) is 0 Å². The maximum absolute atomic E-state index is 5.10. The number of halogens is 1. The van der Waals surface area contributed by atoms with Crippen molar-refractivity contribution in [1.29, 1.82) is 0 Å². The largest absolute Gasteiger partial charge is 0.281 e. The van der Waals surface area contributed by atoms with Crippen molar-refractivity contribution in [2.75, 3.05) is 12.3 Å². The summed E-state index contributed by atoms with van der Waals surface area (Å²) in [5.74, 6) is 0. The molecule has 2 heterocycles. The van der Waals surface area contributed by atoms with Gasteiger partial charge in [-0.15, -0.1) is 0 Å². The summed E-state index contributed by atoms with van der Waals surface area (Å²) >= 11 is 3.36. The van der Waals surface area contributed by atoms with Crippen LogP contribution in [0.15, 0.2) is 10.8 Å². The zero-order chi connectivity index (χ0) is 9.42. The molecule has 0 spiro atoms. The monoisotopic (exact) mass is 244 g/mol. The standard InChI is InChI=1S/C7H9BrN4O/c1-11-5-3-4-9-12(13-2)6(5)7(8)10-11/h3-4,9H,1-2H3. The van der Waals surface area contributed by atoms with E-state index in [0.29, 0.717) is 0 Å². The van der Waals surface area contributed by atoms with Crippen molar-refractivity contribution in [2.24, 2.45) is 7.05 Å². The Morgan fingerprint density at radius 3 is 3.08 bits per heavy atom. The second-order valence-electron chi connectivity index (χ2n) is 2.59. The van der Waals surface area contributed by atoms with E-state index in [1.54, 1.807) is 23.2 Å². The second-order valence-corrected chi connectivity index (χ2v) is 3.34. The third kappa shape index (κ3) is 1.22. The lowest BCUT2D eigenvalue weighted by Gasteiger charge is -2.23. The number of hydrogen-bond acceptors (Lipinski definition) is 4. The Balaban J connectivity index is 2.56. The maximum atomic E-state index is 5.10. The Morgan fingerprint density at radius 1 is 1.62 bits per heavy atom. The first kappa shape index (κ1) is 8.58. The number of aryl methyl sites for hydroxylation is 1. The highest BCUT2D eigenvalue weighted by molar-refractivity contribution is 9.10. The van der Waals surface area contributed by atoms with Crippen LogP contribution in [-0.2, 0) is 11.9 Å². The quantitative estimate of drug-likeness (QED) is 0.802. The normalized spacial score (nSPS) is 14.2. The van der Waals surface area contributed by atoms with E-state index < -0.39 is 0 Å². The lowest BCUT2D eigenvalue weighted by atomic mass is 10.3. The van der Waals surface area contributed by atoms with Crippen molar-refractivity contribution >= 4 is 27.7 Å². The molecule has 70 valence electrons. The molecule has 0 unspecified atom stereocenters. The number of nitrogens with zero attached hydrogens (tertiary/aromatic N) is 3. The minimum absolute atomic E-state index is 0.753. The van der Waals surface area contributed by atoms with Crippen LogP contribution in [-0.4, -0.2) is 16.9 Å². The number of anilines is 1. The zero-order valence-corrected chi connectivity index (χ0v) is 8.87. The smallest absolute Gasteiger partial charge is 0.156 e. The van der Waals surface area contributed by atoms with Crippen LogP contribution in [0.1, 0.15) is 5.69 Å². The van der Waals surface area contributed by atoms with E-state index in [1.807, 2.05) is 13.1 Å². The van der Waals surface area contributed by atoms with E-state index in [2.05, 4.69) is 26.5 Å². The molecular formula is C7H9BrN4O. The minimum atomic E-state index is 0.753. The Kier molecular flexibility index (Phi) is 2.01. The number of hydrazine groups is 1. The van der Waals surface area contributed by atoms with Crippen LogP contribution in [0.2, 0.25) is 0 Å². The van der Waals surface area contributed by atoms with Crippen LogP contribution in [0.4, 0.5) is 5.69 Å². The van der Waals surface area contributed by atoms with E-state index in [0.717, 1.165) is 16.0 Å². The van der Waals surface area contributed by atoms with Gasteiger partial charge in [0.2, 0.25) is 0 Å². The van der Waals surface area contributed by atoms with Crippen molar-refractivity contribution < 1.29 is 4.84 Å². The van der Waals surface area contributed by atoms with Crippen molar-refractivity contribution in [1.82, 2.24) is 15.2 Å². The molecule has 6 heteroatoms. The second kappa shape index (κ2) is 3.04. The van der Waals surface area contributed by atoms with Crippen LogP contribution in [0.3, 0.4) is 0 Å². The van der Waals surface area contributed by atoms with Crippen molar-refractivity contribution in [3.05, 3.63) is 16.5 Å². The van der Waals surface area contributed by atoms with Gasteiger partial charge in [-0.2, -0.15) is 10.3 Å². The van der Waals surface area contributed by atoms with Gasteiger partial charge in [-0.3, -0.25) is 14.9 Å². The first-order valence-electron chi connectivity index (χ1n) is 3.73. The van der Waals surface area contributed by atoms with Gasteiger partial charge >= 0.3 is 0 Å². The molecule has 0 aromatic carbocycles. The Hall–Kier alpha value is -1.01. The highest BCUT2D eigenvalue weighted by Gasteiger charge is 2.21. The lowest BCUT2D eigenvalue weighted by Crippen LogP contribution is -2.35. The van der Waals surface area contributed by atoms with E-state index >= 15 is 0 Å². The van der Waals surface area contributed by atoms with E-state index in [-0.39, 0.29) is 0 Å².